The Morgan fingerprint density at radius 1 is 1.39 bits per heavy atom. The SMILES string of the molecule is CC(=O)c1sc2nc3c(C)cccc3cc2c1N. The number of nitrogens with two attached hydrogens (primary N) is 1. The summed E-state index contributed by atoms with van der Waals surface area (Å²) < 4.78 is 0. The van der Waals surface area contributed by atoms with E-state index in [4.69, 9.17) is 5.73 Å². The van der Waals surface area contributed by atoms with Crippen LogP contribution in [0.15, 0.2) is 24.3 Å². The molecule has 0 saturated carbocycles. The van der Waals surface area contributed by atoms with Crippen LogP contribution in [-0.4, -0.2) is 10.8 Å². The van der Waals surface area contributed by atoms with Gasteiger partial charge in [-0.2, -0.15) is 0 Å². The molecule has 0 atom stereocenters. The fraction of sp³-hybridized carbons (Fsp3) is 0.143. The first kappa shape index (κ1) is 11.2. The molecule has 0 fully saturated rings. The van der Waals surface area contributed by atoms with Gasteiger partial charge in [0.2, 0.25) is 0 Å². The molecule has 3 nitrogen and oxygen atoms in total. The molecule has 4 heteroatoms. The number of fused-ring (bicyclic) bond motifs is 2. The van der Waals surface area contributed by atoms with Crippen molar-refractivity contribution in [1.29, 1.82) is 0 Å². The average molecular weight is 256 g/mol. The Labute approximate surface area is 108 Å². The number of hydrogen-bond donors (Lipinski definition) is 1. The van der Waals surface area contributed by atoms with Crippen LogP contribution >= 0.6 is 11.3 Å². The van der Waals surface area contributed by atoms with Crippen LogP contribution < -0.4 is 5.73 Å². The molecule has 0 spiro atoms. The van der Waals surface area contributed by atoms with E-state index in [2.05, 4.69) is 4.98 Å². The predicted molar refractivity (Wildman–Crippen MR) is 76.3 cm³/mol. The van der Waals surface area contributed by atoms with Crippen LogP contribution in [0.25, 0.3) is 21.1 Å². The highest BCUT2D eigenvalue weighted by Gasteiger charge is 2.14. The molecule has 2 aromatic heterocycles. The normalized spacial score (nSPS) is 11.2. The van der Waals surface area contributed by atoms with Gasteiger partial charge in [-0.1, -0.05) is 18.2 Å². The van der Waals surface area contributed by atoms with Gasteiger partial charge in [0.25, 0.3) is 0 Å². The number of nitrogen functional groups attached to an aromatic ring is 1. The Morgan fingerprint density at radius 2 is 2.17 bits per heavy atom. The fourth-order valence-electron chi connectivity index (χ4n) is 2.14. The van der Waals surface area contributed by atoms with E-state index in [0.29, 0.717) is 10.6 Å². The number of rotatable bonds is 1. The van der Waals surface area contributed by atoms with Crippen molar-refractivity contribution < 1.29 is 4.79 Å². The number of hydrogen-bond acceptors (Lipinski definition) is 4. The van der Waals surface area contributed by atoms with Gasteiger partial charge in [0.15, 0.2) is 5.78 Å². The second kappa shape index (κ2) is 3.78. The molecular weight excluding hydrogens is 244 g/mol. The Balaban J connectivity index is 2.46. The summed E-state index contributed by atoms with van der Waals surface area (Å²) in [6, 6.07) is 8.06. The zero-order chi connectivity index (χ0) is 12.9. The molecule has 3 aromatic rings. The molecule has 0 saturated heterocycles. The number of carbonyl (C=O) groups is 1. The number of ketones is 1. The molecule has 1 aromatic carbocycles. The van der Waals surface area contributed by atoms with Crippen molar-refractivity contribution in [2.45, 2.75) is 13.8 Å². The van der Waals surface area contributed by atoms with Gasteiger partial charge in [0.1, 0.15) is 4.83 Å². The van der Waals surface area contributed by atoms with Crippen LogP contribution in [0.2, 0.25) is 0 Å². The molecule has 90 valence electrons. The Hall–Kier alpha value is -1.94. The van der Waals surface area contributed by atoms with Crippen LogP contribution in [0.4, 0.5) is 5.69 Å². The summed E-state index contributed by atoms with van der Waals surface area (Å²) in [5.41, 5.74) is 8.68. The molecule has 0 aliphatic carbocycles. The van der Waals surface area contributed by atoms with Crippen molar-refractivity contribution >= 4 is 43.9 Å². The van der Waals surface area contributed by atoms with E-state index in [9.17, 15) is 4.79 Å². The quantitative estimate of drug-likeness (QED) is 0.677. The van der Waals surface area contributed by atoms with Gasteiger partial charge >= 0.3 is 0 Å². The molecule has 2 heterocycles. The van der Waals surface area contributed by atoms with Gasteiger partial charge in [0, 0.05) is 17.7 Å². The molecule has 18 heavy (non-hydrogen) atoms. The van der Waals surface area contributed by atoms with Crippen molar-refractivity contribution in [2.24, 2.45) is 0 Å². The van der Waals surface area contributed by atoms with Crippen molar-refractivity contribution in [2.75, 3.05) is 5.73 Å². The standard InChI is InChI=1S/C14H12N2OS/c1-7-4-3-5-9-6-10-11(15)13(8(2)17)18-14(10)16-12(7)9/h3-6H,15H2,1-2H3. The van der Waals surface area contributed by atoms with Crippen LogP contribution in [0.1, 0.15) is 22.2 Å². The third-order valence-electron chi connectivity index (χ3n) is 3.07. The predicted octanol–water partition coefficient (Wildman–Crippen LogP) is 3.54. The van der Waals surface area contributed by atoms with Crippen molar-refractivity contribution in [3.05, 3.63) is 34.7 Å². The zero-order valence-corrected chi connectivity index (χ0v) is 11.0. The Morgan fingerprint density at radius 3 is 2.89 bits per heavy atom. The van der Waals surface area contributed by atoms with Gasteiger partial charge in [-0.25, -0.2) is 4.98 Å². The molecule has 2 N–H and O–H groups in total. The monoisotopic (exact) mass is 256 g/mol. The van der Waals surface area contributed by atoms with Crippen LogP contribution in [-0.2, 0) is 0 Å². The second-order valence-electron chi connectivity index (χ2n) is 4.39. The smallest absolute Gasteiger partial charge is 0.171 e. The van der Waals surface area contributed by atoms with Crippen molar-refractivity contribution in [3.63, 3.8) is 0 Å². The number of aryl methyl sites for hydroxylation is 1. The Kier molecular flexibility index (Phi) is 2.35. The second-order valence-corrected chi connectivity index (χ2v) is 5.39. The van der Waals surface area contributed by atoms with Gasteiger partial charge in [-0.05, 0) is 18.6 Å². The van der Waals surface area contributed by atoms with Gasteiger partial charge in [0.05, 0.1) is 16.1 Å². The van der Waals surface area contributed by atoms with E-state index >= 15 is 0 Å². The molecule has 0 bridgehead atoms. The average Bonchev–Trinajstić information content (AvgIpc) is 2.65. The highest BCUT2D eigenvalue weighted by Crippen LogP contribution is 2.35. The minimum atomic E-state index is -0.00345. The van der Waals surface area contributed by atoms with Crippen LogP contribution in [0, 0.1) is 6.92 Å². The zero-order valence-electron chi connectivity index (χ0n) is 10.2. The fourth-order valence-corrected chi connectivity index (χ4v) is 3.11. The maximum atomic E-state index is 11.5. The van der Waals surface area contributed by atoms with Crippen molar-refractivity contribution in [3.8, 4) is 0 Å². The largest absolute Gasteiger partial charge is 0.397 e. The molecule has 0 radical (unpaired) electrons. The minimum absolute atomic E-state index is 0.00345. The van der Waals surface area contributed by atoms with E-state index < -0.39 is 0 Å². The molecule has 0 amide bonds. The summed E-state index contributed by atoms with van der Waals surface area (Å²) in [6.45, 7) is 3.57. The number of benzene rings is 1. The summed E-state index contributed by atoms with van der Waals surface area (Å²) in [5.74, 6) is -0.00345. The highest BCUT2D eigenvalue weighted by atomic mass is 32.1. The first-order chi connectivity index (χ1) is 8.58. The first-order valence-electron chi connectivity index (χ1n) is 5.67. The van der Waals surface area contributed by atoms with E-state index in [1.165, 1.54) is 18.3 Å². The van der Waals surface area contributed by atoms with E-state index in [1.807, 2.05) is 31.2 Å². The minimum Gasteiger partial charge on any atom is -0.397 e. The number of Topliss-reactive ketones (excluding diaryl/α,β-unsaturated/α-hetero) is 1. The number of carbonyl (C=O) groups excluding carboxylic acids is 1. The van der Waals surface area contributed by atoms with Gasteiger partial charge in [-0.15, -0.1) is 11.3 Å². The maximum Gasteiger partial charge on any atom is 0.171 e. The lowest BCUT2D eigenvalue weighted by molar-refractivity contribution is 0.102. The van der Waals surface area contributed by atoms with E-state index in [1.54, 1.807) is 0 Å². The van der Waals surface area contributed by atoms with Gasteiger partial charge < -0.3 is 5.73 Å². The lowest BCUT2D eigenvalue weighted by Crippen LogP contribution is -1.93. The summed E-state index contributed by atoms with van der Waals surface area (Å²) >= 11 is 1.37. The first-order valence-corrected chi connectivity index (χ1v) is 6.49. The number of pyridine rings is 1. The number of aromatic nitrogens is 1. The molecule has 0 aliphatic rings. The topological polar surface area (TPSA) is 56.0 Å². The number of anilines is 1. The third-order valence-corrected chi connectivity index (χ3v) is 4.28. The lowest BCUT2D eigenvalue weighted by Gasteiger charge is -2.01. The van der Waals surface area contributed by atoms with E-state index in [0.717, 1.165) is 26.7 Å². The van der Waals surface area contributed by atoms with Crippen LogP contribution in [0.5, 0.6) is 0 Å². The summed E-state index contributed by atoms with van der Waals surface area (Å²) in [5, 5.41) is 1.94. The summed E-state index contributed by atoms with van der Waals surface area (Å²) in [7, 11) is 0. The van der Waals surface area contributed by atoms with E-state index in [-0.39, 0.29) is 5.78 Å². The van der Waals surface area contributed by atoms with Crippen molar-refractivity contribution in [1.82, 2.24) is 4.98 Å². The number of thiophene rings is 1. The highest BCUT2D eigenvalue weighted by molar-refractivity contribution is 7.21. The summed E-state index contributed by atoms with van der Waals surface area (Å²) in [4.78, 5) is 17.6. The third kappa shape index (κ3) is 1.49. The lowest BCUT2D eigenvalue weighted by atomic mass is 10.1. The number of para-hydroxylation sites is 1. The number of nitrogens with zero attached hydrogens (tertiary/aromatic N) is 1. The summed E-state index contributed by atoms with van der Waals surface area (Å²) in [6.07, 6.45) is 0. The molecule has 3 rings (SSSR count). The van der Waals surface area contributed by atoms with Gasteiger partial charge in [-0.3, -0.25) is 4.79 Å². The molecule has 0 unspecified atom stereocenters. The molecular formula is C14H12N2OS. The maximum absolute atomic E-state index is 11.5. The Bertz CT molecular complexity index is 789. The molecule has 0 aliphatic heterocycles. The van der Waals surface area contributed by atoms with Crippen LogP contribution in [0.3, 0.4) is 0 Å².